The van der Waals surface area contributed by atoms with Crippen molar-refractivity contribution in [3.63, 3.8) is 0 Å². The zero-order chi connectivity index (χ0) is 24.3. The van der Waals surface area contributed by atoms with E-state index in [1.807, 2.05) is 48.2 Å². The molecule has 3 aromatic rings. The van der Waals surface area contributed by atoms with Crippen LogP contribution in [0.25, 0.3) is 0 Å². The van der Waals surface area contributed by atoms with Gasteiger partial charge in [-0.2, -0.15) is 13.2 Å². The molecule has 0 saturated heterocycles. The van der Waals surface area contributed by atoms with Crippen molar-refractivity contribution in [2.45, 2.75) is 65.2 Å². The zero-order valence-corrected chi connectivity index (χ0v) is 19.9. The molecule has 0 amide bonds. The van der Waals surface area contributed by atoms with Crippen LogP contribution in [0.4, 0.5) is 36.2 Å². The van der Waals surface area contributed by atoms with Crippen LogP contribution in [0.15, 0.2) is 54.7 Å². The number of fused-ring (bicyclic) bond motifs is 5. The van der Waals surface area contributed by atoms with Gasteiger partial charge in [-0.15, -0.1) is 0 Å². The second kappa shape index (κ2) is 8.00. The Bertz CT molecular complexity index is 1220. The van der Waals surface area contributed by atoms with Crippen LogP contribution < -0.4 is 9.80 Å². The van der Waals surface area contributed by atoms with Gasteiger partial charge in [-0.25, -0.2) is 9.97 Å². The molecular weight excluding hydrogens is 437 g/mol. The molecule has 2 unspecified atom stereocenters. The van der Waals surface area contributed by atoms with E-state index >= 15 is 0 Å². The van der Waals surface area contributed by atoms with E-state index in [2.05, 4.69) is 47.8 Å². The van der Waals surface area contributed by atoms with Crippen molar-refractivity contribution in [3.05, 3.63) is 71.5 Å². The summed E-state index contributed by atoms with van der Waals surface area (Å²) < 4.78 is 41.2. The highest BCUT2D eigenvalue weighted by Crippen LogP contribution is 2.62. The Labute approximate surface area is 198 Å². The average Bonchev–Trinajstić information content (AvgIpc) is 3.18. The number of aryl methyl sites for hydroxylation is 1. The lowest BCUT2D eigenvalue weighted by Gasteiger charge is -2.54. The minimum atomic E-state index is -4.57. The fraction of sp³-hybridized carbons (Fsp3) is 0.407. The number of alkyl halides is 3. The van der Waals surface area contributed by atoms with Gasteiger partial charge in [0.15, 0.2) is 17.3 Å². The molecule has 2 aliphatic rings. The van der Waals surface area contributed by atoms with Crippen LogP contribution in [0.2, 0.25) is 0 Å². The quantitative estimate of drug-likeness (QED) is 0.394. The van der Waals surface area contributed by atoms with E-state index in [0.717, 1.165) is 42.4 Å². The van der Waals surface area contributed by atoms with Gasteiger partial charge in [-0.3, -0.25) is 0 Å². The molecule has 7 heteroatoms. The lowest BCUT2D eigenvalue weighted by Crippen LogP contribution is -2.57. The number of benzene rings is 2. The average molecular weight is 467 g/mol. The van der Waals surface area contributed by atoms with Crippen LogP contribution in [0, 0.1) is 12.3 Å². The summed E-state index contributed by atoms with van der Waals surface area (Å²) in [5.74, 6) is 1.00. The minimum Gasteiger partial charge on any atom is -0.301 e. The lowest BCUT2D eigenvalue weighted by molar-refractivity contribution is -0.141. The van der Waals surface area contributed by atoms with Gasteiger partial charge in [-0.1, -0.05) is 57.2 Å². The maximum absolute atomic E-state index is 13.7. The summed E-state index contributed by atoms with van der Waals surface area (Å²) >= 11 is 0. The Morgan fingerprint density at radius 3 is 2.12 bits per heavy atom. The Kier molecular flexibility index (Phi) is 5.34. The Morgan fingerprint density at radius 2 is 1.50 bits per heavy atom. The number of anilines is 4. The van der Waals surface area contributed by atoms with Crippen LogP contribution in [-0.2, 0) is 6.18 Å². The summed E-state index contributed by atoms with van der Waals surface area (Å²) in [6, 6.07) is 16.1. The second-order valence-electron chi connectivity index (χ2n) is 9.26. The summed E-state index contributed by atoms with van der Waals surface area (Å²) in [5, 5.41) is 0. The number of nitrogens with zero attached hydrogens (tertiary/aromatic N) is 4. The van der Waals surface area contributed by atoms with E-state index in [1.165, 1.54) is 5.56 Å². The molecule has 0 aliphatic carbocycles. The summed E-state index contributed by atoms with van der Waals surface area (Å²) in [6.45, 7) is 8.58. The van der Waals surface area contributed by atoms with Crippen molar-refractivity contribution in [3.8, 4) is 0 Å². The third-order valence-corrected chi connectivity index (χ3v) is 7.85. The fourth-order valence-corrected chi connectivity index (χ4v) is 6.25. The molecule has 1 aromatic heterocycles. The van der Waals surface area contributed by atoms with Crippen molar-refractivity contribution in [1.29, 1.82) is 0 Å². The highest BCUT2D eigenvalue weighted by atomic mass is 19.4. The molecule has 0 radical (unpaired) electrons. The first-order valence-electron chi connectivity index (χ1n) is 12.0. The van der Waals surface area contributed by atoms with Gasteiger partial charge in [0.1, 0.15) is 6.17 Å². The molecular formula is C27H29F3N4. The predicted molar refractivity (Wildman–Crippen MR) is 129 cm³/mol. The van der Waals surface area contributed by atoms with Crippen LogP contribution >= 0.6 is 0 Å². The number of aromatic nitrogens is 2. The molecule has 0 N–H and O–H groups in total. The van der Waals surface area contributed by atoms with Gasteiger partial charge in [-0.05, 0) is 55.4 Å². The monoisotopic (exact) mass is 466 g/mol. The van der Waals surface area contributed by atoms with E-state index < -0.39 is 11.9 Å². The molecule has 2 atom stereocenters. The van der Waals surface area contributed by atoms with Gasteiger partial charge in [0, 0.05) is 16.8 Å². The van der Waals surface area contributed by atoms with Crippen LogP contribution in [0.3, 0.4) is 0 Å². The smallest absolute Gasteiger partial charge is 0.301 e. The number of para-hydroxylation sites is 2. The van der Waals surface area contributed by atoms with Crippen LogP contribution in [0.1, 0.15) is 62.8 Å². The maximum atomic E-state index is 13.7. The Hall–Kier alpha value is -3.09. The number of hydrogen-bond donors (Lipinski definition) is 0. The molecule has 4 nitrogen and oxygen atoms in total. The third-order valence-electron chi connectivity index (χ3n) is 7.85. The maximum Gasteiger partial charge on any atom is 0.434 e. The fourth-order valence-electron chi connectivity index (χ4n) is 6.25. The first-order valence-corrected chi connectivity index (χ1v) is 12.0. The first kappa shape index (κ1) is 22.7. The van der Waals surface area contributed by atoms with Gasteiger partial charge < -0.3 is 9.80 Å². The normalized spacial score (nSPS) is 20.7. The molecule has 34 heavy (non-hydrogen) atoms. The standard InChI is InChI=1S/C27H29F3N4/c1-5-19-18-13-9-11-15-21(18)34-23-24(32-22(16-31-23)27(28,29)30)33(20-14-10-8-12-17(20)4)25(34)26(19,6-2)7-3/h8-16,19,25H,5-7H2,1-4H3. The Balaban J connectivity index is 1.87. The van der Waals surface area contributed by atoms with Gasteiger partial charge >= 0.3 is 6.18 Å². The summed E-state index contributed by atoms with van der Waals surface area (Å²) in [5.41, 5.74) is 2.90. The Morgan fingerprint density at radius 1 is 0.882 bits per heavy atom. The molecule has 0 bridgehead atoms. The number of halogens is 3. The van der Waals surface area contributed by atoms with Crippen LogP contribution in [0.5, 0.6) is 0 Å². The molecule has 5 rings (SSSR count). The second-order valence-corrected chi connectivity index (χ2v) is 9.26. The summed E-state index contributed by atoms with van der Waals surface area (Å²) in [6.07, 6.45) is -1.25. The van der Waals surface area contributed by atoms with Crippen molar-refractivity contribution in [2.24, 2.45) is 5.41 Å². The molecule has 178 valence electrons. The van der Waals surface area contributed by atoms with Crippen LogP contribution in [-0.4, -0.2) is 16.1 Å². The van der Waals surface area contributed by atoms with E-state index in [-0.39, 0.29) is 23.3 Å². The first-order chi connectivity index (χ1) is 16.3. The van der Waals surface area contributed by atoms with E-state index in [0.29, 0.717) is 5.82 Å². The molecule has 0 saturated carbocycles. The molecule has 0 fully saturated rings. The van der Waals surface area contributed by atoms with E-state index in [9.17, 15) is 13.2 Å². The largest absolute Gasteiger partial charge is 0.434 e. The van der Waals surface area contributed by atoms with Gasteiger partial charge in [0.2, 0.25) is 0 Å². The lowest BCUT2D eigenvalue weighted by atomic mass is 9.62. The van der Waals surface area contributed by atoms with Crippen molar-refractivity contribution < 1.29 is 13.2 Å². The highest BCUT2D eigenvalue weighted by molar-refractivity contribution is 5.87. The summed E-state index contributed by atoms with van der Waals surface area (Å²) in [4.78, 5) is 12.8. The van der Waals surface area contributed by atoms with E-state index in [1.54, 1.807) is 0 Å². The van der Waals surface area contributed by atoms with Gasteiger partial charge in [0.25, 0.3) is 0 Å². The van der Waals surface area contributed by atoms with Crippen molar-refractivity contribution in [2.75, 3.05) is 9.80 Å². The van der Waals surface area contributed by atoms with Crippen molar-refractivity contribution in [1.82, 2.24) is 9.97 Å². The minimum absolute atomic E-state index is 0.216. The molecule has 2 aromatic carbocycles. The predicted octanol–water partition coefficient (Wildman–Crippen LogP) is 7.73. The SMILES string of the molecule is CCC1c2ccccc2N2c3ncc(C(F)(F)F)nc3N(c3ccccc3C)C2C1(CC)CC. The number of hydrogen-bond acceptors (Lipinski definition) is 4. The molecule has 3 heterocycles. The highest BCUT2D eigenvalue weighted by Gasteiger charge is 2.58. The van der Waals surface area contributed by atoms with Crippen molar-refractivity contribution >= 4 is 23.0 Å². The topological polar surface area (TPSA) is 32.3 Å². The third kappa shape index (κ3) is 3.05. The molecule has 2 aliphatic heterocycles. The summed E-state index contributed by atoms with van der Waals surface area (Å²) in [7, 11) is 0. The zero-order valence-electron chi connectivity index (χ0n) is 19.9. The van der Waals surface area contributed by atoms with Gasteiger partial charge in [0.05, 0.1) is 6.20 Å². The van der Waals surface area contributed by atoms with E-state index in [4.69, 9.17) is 0 Å². The number of rotatable bonds is 4. The molecule has 0 spiro atoms.